The molecule has 0 unspecified atom stereocenters. The van der Waals surface area contributed by atoms with Gasteiger partial charge in [0.2, 0.25) is 0 Å². The highest BCUT2D eigenvalue weighted by molar-refractivity contribution is 7.98. The molecule has 64 valence electrons. The summed E-state index contributed by atoms with van der Waals surface area (Å²) >= 11 is 1.61. The van der Waals surface area contributed by atoms with Crippen molar-refractivity contribution >= 4 is 17.4 Å². The maximum atomic E-state index is 13.0. The molecule has 1 N–H and O–H groups in total. The van der Waals surface area contributed by atoms with Crippen molar-refractivity contribution in [2.45, 2.75) is 11.3 Å². The zero-order valence-electron chi connectivity index (χ0n) is 6.86. The molecule has 1 aromatic carbocycles. The Kier molecular flexibility index (Phi) is 1.97. The third-order valence-corrected chi connectivity index (χ3v) is 2.89. The standard InChI is InChI=1S/C9H10FNS/c1-12-9-5-6(10)4-8-7(9)2-3-11-8/h4-5,11H,2-3H2,1H3. The van der Waals surface area contributed by atoms with Gasteiger partial charge in [0.05, 0.1) is 0 Å². The van der Waals surface area contributed by atoms with E-state index < -0.39 is 0 Å². The van der Waals surface area contributed by atoms with Crippen LogP contribution in [0.5, 0.6) is 0 Å². The highest BCUT2D eigenvalue weighted by Gasteiger charge is 2.14. The van der Waals surface area contributed by atoms with Crippen molar-refractivity contribution in [2.24, 2.45) is 0 Å². The van der Waals surface area contributed by atoms with Crippen molar-refractivity contribution in [1.82, 2.24) is 0 Å². The number of thioether (sulfide) groups is 1. The summed E-state index contributed by atoms with van der Waals surface area (Å²) in [6, 6.07) is 3.18. The third-order valence-electron chi connectivity index (χ3n) is 2.08. The van der Waals surface area contributed by atoms with Gasteiger partial charge < -0.3 is 5.32 Å². The smallest absolute Gasteiger partial charge is 0.126 e. The number of hydrogen-bond acceptors (Lipinski definition) is 2. The van der Waals surface area contributed by atoms with Gasteiger partial charge in [0.15, 0.2) is 0 Å². The summed E-state index contributed by atoms with van der Waals surface area (Å²) in [5.74, 6) is -0.146. The van der Waals surface area contributed by atoms with Crippen molar-refractivity contribution in [3.8, 4) is 0 Å². The molecule has 0 amide bonds. The van der Waals surface area contributed by atoms with Gasteiger partial charge >= 0.3 is 0 Å². The van der Waals surface area contributed by atoms with Crippen LogP contribution in [0.25, 0.3) is 0 Å². The lowest BCUT2D eigenvalue weighted by Crippen LogP contribution is -1.90. The molecule has 0 radical (unpaired) electrons. The van der Waals surface area contributed by atoms with Gasteiger partial charge in [0, 0.05) is 17.1 Å². The Morgan fingerprint density at radius 3 is 3.08 bits per heavy atom. The van der Waals surface area contributed by atoms with Crippen molar-refractivity contribution in [3.63, 3.8) is 0 Å². The van der Waals surface area contributed by atoms with E-state index in [2.05, 4.69) is 5.32 Å². The number of fused-ring (bicyclic) bond motifs is 1. The second kappa shape index (κ2) is 2.98. The highest BCUT2D eigenvalue weighted by atomic mass is 32.2. The fraction of sp³-hybridized carbons (Fsp3) is 0.333. The Morgan fingerprint density at radius 2 is 2.33 bits per heavy atom. The lowest BCUT2D eigenvalue weighted by Gasteiger charge is -2.04. The molecular weight excluding hydrogens is 173 g/mol. The zero-order valence-corrected chi connectivity index (χ0v) is 7.67. The number of anilines is 1. The minimum Gasteiger partial charge on any atom is -0.384 e. The summed E-state index contributed by atoms with van der Waals surface area (Å²) in [5.41, 5.74) is 2.24. The van der Waals surface area contributed by atoms with E-state index in [1.165, 1.54) is 5.56 Å². The molecule has 0 fully saturated rings. The Morgan fingerprint density at radius 1 is 1.50 bits per heavy atom. The number of rotatable bonds is 1. The summed E-state index contributed by atoms with van der Waals surface area (Å²) in [7, 11) is 0. The van der Waals surface area contributed by atoms with Crippen LogP contribution in [0.3, 0.4) is 0 Å². The first-order valence-corrected chi connectivity index (χ1v) is 5.14. The largest absolute Gasteiger partial charge is 0.384 e. The Hall–Kier alpha value is -0.700. The average Bonchev–Trinajstić information content (AvgIpc) is 2.50. The molecule has 1 nitrogen and oxygen atoms in total. The fourth-order valence-corrected chi connectivity index (χ4v) is 2.22. The van der Waals surface area contributed by atoms with Gasteiger partial charge in [0.25, 0.3) is 0 Å². The van der Waals surface area contributed by atoms with Crippen LogP contribution in [0.1, 0.15) is 5.56 Å². The predicted octanol–water partition coefficient (Wildman–Crippen LogP) is 2.52. The molecule has 0 saturated heterocycles. The molecule has 0 bridgehead atoms. The fourth-order valence-electron chi connectivity index (χ4n) is 1.53. The lowest BCUT2D eigenvalue weighted by atomic mass is 10.1. The monoisotopic (exact) mass is 183 g/mol. The Bertz CT molecular complexity index is 312. The number of halogens is 1. The van der Waals surface area contributed by atoms with Gasteiger partial charge in [0.1, 0.15) is 5.82 Å². The second-order valence-corrected chi connectivity index (χ2v) is 3.66. The van der Waals surface area contributed by atoms with Crippen LogP contribution >= 0.6 is 11.8 Å². The van der Waals surface area contributed by atoms with Crippen LogP contribution in [-0.4, -0.2) is 12.8 Å². The second-order valence-electron chi connectivity index (χ2n) is 2.81. The minimum atomic E-state index is -0.146. The van der Waals surface area contributed by atoms with Crippen LogP contribution in [0.15, 0.2) is 17.0 Å². The van der Waals surface area contributed by atoms with E-state index in [-0.39, 0.29) is 5.82 Å². The zero-order chi connectivity index (χ0) is 8.55. The lowest BCUT2D eigenvalue weighted by molar-refractivity contribution is 0.624. The molecule has 0 saturated carbocycles. The van der Waals surface area contributed by atoms with E-state index in [9.17, 15) is 4.39 Å². The molecule has 1 heterocycles. The summed E-state index contributed by atoms with van der Waals surface area (Å²) in [6.07, 6.45) is 3.00. The van der Waals surface area contributed by atoms with Crippen LogP contribution < -0.4 is 5.32 Å². The molecule has 1 aliphatic rings. The van der Waals surface area contributed by atoms with E-state index in [4.69, 9.17) is 0 Å². The van der Waals surface area contributed by atoms with Crippen LogP contribution in [0.4, 0.5) is 10.1 Å². The van der Waals surface area contributed by atoms with Crippen molar-refractivity contribution in [1.29, 1.82) is 0 Å². The summed E-state index contributed by atoms with van der Waals surface area (Å²) in [5, 5.41) is 3.16. The number of hydrogen-bond donors (Lipinski definition) is 1. The predicted molar refractivity (Wildman–Crippen MR) is 50.4 cm³/mol. The van der Waals surface area contributed by atoms with Gasteiger partial charge in [-0.05, 0) is 30.4 Å². The van der Waals surface area contributed by atoms with Gasteiger partial charge in [-0.3, -0.25) is 0 Å². The van der Waals surface area contributed by atoms with Crippen molar-refractivity contribution in [3.05, 3.63) is 23.5 Å². The maximum absolute atomic E-state index is 13.0. The van der Waals surface area contributed by atoms with Crippen LogP contribution in [0, 0.1) is 5.82 Å². The number of nitrogens with one attached hydrogen (secondary N) is 1. The molecule has 1 aliphatic heterocycles. The Balaban J connectivity index is 2.55. The summed E-state index contributed by atoms with van der Waals surface area (Å²) in [4.78, 5) is 1.06. The summed E-state index contributed by atoms with van der Waals surface area (Å²) in [6.45, 7) is 0.937. The highest BCUT2D eigenvalue weighted by Crippen LogP contribution is 2.32. The van der Waals surface area contributed by atoms with E-state index in [1.54, 1.807) is 23.9 Å². The molecular formula is C9H10FNS. The minimum absolute atomic E-state index is 0.146. The maximum Gasteiger partial charge on any atom is 0.126 e. The summed E-state index contributed by atoms with van der Waals surface area (Å²) < 4.78 is 13.0. The molecule has 0 aliphatic carbocycles. The van der Waals surface area contributed by atoms with E-state index in [1.807, 2.05) is 6.26 Å². The van der Waals surface area contributed by atoms with Gasteiger partial charge in [-0.25, -0.2) is 4.39 Å². The molecule has 0 atom stereocenters. The Labute approximate surface area is 75.4 Å². The molecule has 3 heteroatoms. The number of benzene rings is 1. The quantitative estimate of drug-likeness (QED) is 0.671. The van der Waals surface area contributed by atoms with Crippen LogP contribution in [-0.2, 0) is 6.42 Å². The topological polar surface area (TPSA) is 12.0 Å². The van der Waals surface area contributed by atoms with Crippen LogP contribution in [0.2, 0.25) is 0 Å². The molecule has 2 rings (SSSR count). The van der Waals surface area contributed by atoms with Crippen molar-refractivity contribution in [2.75, 3.05) is 18.1 Å². The first kappa shape index (κ1) is 7.92. The average molecular weight is 183 g/mol. The van der Waals surface area contributed by atoms with E-state index in [0.29, 0.717) is 0 Å². The first-order chi connectivity index (χ1) is 5.81. The molecule has 1 aromatic rings. The normalized spacial score (nSPS) is 14.2. The van der Waals surface area contributed by atoms with Gasteiger partial charge in [-0.2, -0.15) is 0 Å². The van der Waals surface area contributed by atoms with E-state index in [0.717, 1.165) is 23.5 Å². The van der Waals surface area contributed by atoms with Gasteiger partial charge in [-0.1, -0.05) is 0 Å². The molecule has 0 spiro atoms. The van der Waals surface area contributed by atoms with Gasteiger partial charge in [-0.15, -0.1) is 11.8 Å². The molecule has 0 aromatic heterocycles. The van der Waals surface area contributed by atoms with Crippen molar-refractivity contribution < 1.29 is 4.39 Å². The first-order valence-electron chi connectivity index (χ1n) is 3.91. The SMILES string of the molecule is CSc1cc(F)cc2c1CCN2. The molecule has 12 heavy (non-hydrogen) atoms. The third kappa shape index (κ3) is 1.18. The van der Waals surface area contributed by atoms with E-state index >= 15 is 0 Å².